The number of pyridine rings is 1. The molecule has 0 aliphatic rings. The molecule has 0 fully saturated rings. The van der Waals surface area contributed by atoms with Gasteiger partial charge in [0.05, 0.1) is 18.2 Å². The third-order valence-corrected chi connectivity index (χ3v) is 2.79. The zero-order chi connectivity index (χ0) is 16.8. The number of amidine groups is 1. The van der Waals surface area contributed by atoms with Crippen LogP contribution in [-0.4, -0.2) is 34.2 Å². The highest BCUT2D eigenvalue weighted by Crippen LogP contribution is 2.36. The number of nitrogens with zero attached hydrogens (tertiary/aromatic N) is 4. The number of nitro benzene ring substituents is 1. The molecule has 1 aromatic carbocycles. The second-order valence-corrected chi connectivity index (χ2v) is 4.29. The minimum atomic E-state index is -0.722. The quantitative estimate of drug-likeness (QED) is 0.371. The van der Waals surface area contributed by atoms with Crippen molar-refractivity contribution in [1.82, 2.24) is 4.98 Å². The minimum Gasteiger partial charge on any atom is -0.500 e. The lowest BCUT2D eigenvalue weighted by Crippen LogP contribution is -2.14. The molecule has 2 rings (SSSR count). The van der Waals surface area contributed by atoms with Crippen LogP contribution in [0.1, 0.15) is 11.3 Å². The van der Waals surface area contributed by atoms with E-state index in [1.807, 2.05) is 0 Å². The molecule has 0 radical (unpaired) electrons. The molecular formula is C14H13N5O4. The predicted molar refractivity (Wildman–Crippen MR) is 83.9 cm³/mol. The smallest absolute Gasteiger partial charge is 0.315 e. The van der Waals surface area contributed by atoms with Crippen molar-refractivity contribution in [2.75, 3.05) is 7.11 Å². The fourth-order valence-electron chi connectivity index (χ4n) is 1.71. The van der Waals surface area contributed by atoms with Gasteiger partial charge in [0.25, 0.3) is 0 Å². The number of phenolic OH excluding ortho intramolecular Hbond substituents is 1. The van der Waals surface area contributed by atoms with E-state index in [1.54, 1.807) is 24.4 Å². The van der Waals surface area contributed by atoms with Gasteiger partial charge in [-0.25, -0.2) is 0 Å². The van der Waals surface area contributed by atoms with Gasteiger partial charge in [-0.15, -0.1) is 5.10 Å². The molecule has 0 aliphatic carbocycles. The molecule has 3 N–H and O–H groups in total. The number of phenols is 1. The second-order valence-electron chi connectivity index (χ2n) is 4.29. The van der Waals surface area contributed by atoms with Crippen molar-refractivity contribution in [3.05, 3.63) is 57.9 Å². The monoisotopic (exact) mass is 315 g/mol. The van der Waals surface area contributed by atoms with Crippen molar-refractivity contribution in [3.63, 3.8) is 0 Å². The minimum absolute atomic E-state index is 0.0395. The average molecular weight is 315 g/mol. The van der Waals surface area contributed by atoms with E-state index >= 15 is 0 Å². The number of hydrogen-bond donors (Lipinski definition) is 2. The zero-order valence-corrected chi connectivity index (χ0v) is 12.1. The number of benzene rings is 1. The van der Waals surface area contributed by atoms with Gasteiger partial charge in [-0.05, 0) is 18.2 Å². The van der Waals surface area contributed by atoms with Crippen LogP contribution in [0.25, 0.3) is 0 Å². The highest BCUT2D eigenvalue weighted by Gasteiger charge is 2.19. The van der Waals surface area contributed by atoms with Crippen LogP contribution in [0.5, 0.6) is 11.5 Å². The molecular weight excluding hydrogens is 302 g/mol. The van der Waals surface area contributed by atoms with Gasteiger partial charge >= 0.3 is 5.69 Å². The van der Waals surface area contributed by atoms with Crippen LogP contribution in [0.15, 0.2) is 46.7 Å². The van der Waals surface area contributed by atoms with Crippen molar-refractivity contribution in [3.8, 4) is 11.5 Å². The summed E-state index contributed by atoms with van der Waals surface area (Å²) in [6.07, 6.45) is 2.82. The lowest BCUT2D eigenvalue weighted by Gasteiger charge is -2.04. The van der Waals surface area contributed by atoms with Crippen molar-refractivity contribution in [2.24, 2.45) is 15.9 Å². The first kappa shape index (κ1) is 15.9. The molecule has 2 aromatic rings. The Morgan fingerprint density at radius 1 is 1.48 bits per heavy atom. The maximum atomic E-state index is 10.9. The van der Waals surface area contributed by atoms with Crippen molar-refractivity contribution in [1.29, 1.82) is 0 Å². The predicted octanol–water partition coefficient (Wildman–Crippen LogP) is 1.44. The summed E-state index contributed by atoms with van der Waals surface area (Å²) in [6, 6.07) is 7.69. The molecule has 0 aliphatic heterocycles. The Kier molecular flexibility index (Phi) is 4.82. The van der Waals surface area contributed by atoms with Crippen molar-refractivity contribution < 1.29 is 14.8 Å². The maximum Gasteiger partial charge on any atom is 0.315 e. The molecule has 0 saturated carbocycles. The van der Waals surface area contributed by atoms with Crippen LogP contribution in [0.3, 0.4) is 0 Å². The van der Waals surface area contributed by atoms with E-state index in [1.165, 1.54) is 19.4 Å². The normalized spacial score (nSPS) is 11.6. The summed E-state index contributed by atoms with van der Waals surface area (Å²) in [5.41, 5.74) is 6.01. The van der Waals surface area contributed by atoms with E-state index in [2.05, 4.69) is 15.2 Å². The second kappa shape index (κ2) is 6.98. The first-order chi connectivity index (χ1) is 11.0. The van der Waals surface area contributed by atoms with Crippen LogP contribution in [0.4, 0.5) is 5.69 Å². The highest BCUT2D eigenvalue weighted by molar-refractivity contribution is 5.96. The Bertz CT molecular complexity index is 774. The van der Waals surface area contributed by atoms with Gasteiger partial charge in [0.15, 0.2) is 11.6 Å². The molecule has 1 aromatic heterocycles. The van der Waals surface area contributed by atoms with Gasteiger partial charge in [0, 0.05) is 17.8 Å². The van der Waals surface area contributed by atoms with E-state index in [-0.39, 0.29) is 11.6 Å². The Balaban J connectivity index is 2.29. The number of methoxy groups -OCH3 is 1. The summed E-state index contributed by atoms with van der Waals surface area (Å²) in [5.74, 6) is -0.490. The number of nitrogens with two attached hydrogens (primary N) is 1. The molecule has 0 spiro atoms. The third-order valence-electron chi connectivity index (χ3n) is 2.79. The first-order valence-electron chi connectivity index (χ1n) is 6.36. The molecule has 0 saturated heterocycles. The number of ether oxygens (including phenoxy) is 1. The van der Waals surface area contributed by atoms with E-state index in [9.17, 15) is 15.2 Å². The average Bonchev–Trinajstić information content (AvgIpc) is 2.56. The Morgan fingerprint density at radius 3 is 2.87 bits per heavy atom. The maximum absolute atomic E-state index is 10.9. The molecule has 0 atom stereocenters. The van der Waals surface area contributed by atoms with Crippen molar-refractivity contribution in [2.45, 2.75) is 0 Å². The Hall–Kier alpha value is -3.49. The van der Waals surface area contributed by atoms with E-state index < -0.39 is 16.4 Å². The summed E-state index contributed by atoms with van der Waals surface area (Å²) in [7, 11) is 1.29. The molecule has 0 amide bonds. The van der Waals surface area contributed by atoms with E-state index in [0.29, 0.717) is 11.3 Å². The van der Waals surface area contributed by atoms with Crippen LogP contribution in [-0.2, 0) is 0 Å². The molecule has 0 bridgehead atoms. The number of rotatable bonds is 5. The zero-order valence-electron chi connectivity index (χ0n) is 12.1. The van der Waals surface area contributed by atoms with Gasteiger partial charge in [0.1, 0.15) is 5.69 Å². The van der Waals surface area contributed by atoms with Gasteiger partial charge in [-0.3, -0.25) is 15.1 Å². The Labute approximate surface area is 130 Å². The third kappa shape index (κ3) is 3.79. The summed E-state index contributed by atoms with van der Waals surface area (Å²) in [6.45, 7) is 0. The lowest BCUT2D eigenvalue weighted by molar-refractivity contribution is -0.386. The van der Waals surface area contributed by atoms with E-state index in [0.717, 1.165) is 6.07 Å². The number of aromatic hydroxyl groups is 1. The summed E-state index contributed by atoms with van der Waals surface area (Å²) in [5, 5.41) is 28.1. The van der Waals surface area contributed by atoms with Gasteiger partial charge in [-0.1, -0.05) is 6.07 Å². The van der Waals surface area contributed by atoms with Crippen molar-refractivity contribution >= 4 is 17.7 Å². The molecule has 0 unspecified atom stereocenters. The highest BCUT2D eigenvalue weighted by atomic mass is 16.6. The topological polar surface area (TPSA) is 136 Å². The summed E-state index contributed by atoms with van der Waals surface area (Å²) >= 11 is 0. The number of hydrogen-bond acceptors (Lipinski definition) is 7. The SMILES string of the molecule is COc1cc(/C=N/N=C(N)c2ccccn2)cc([N+](=O)[O-])c1O. The fraction of sp³-hybridized carbons (Fsp3) is 0.0714. The molecule has 1 heterocycles. The molecule has 118 valence electrons. The van der Waals surface area contributed by atoms with Crippen LogP contribution < -0.4 is 10.5 Å². The summed E-state index contributed by atoms with van der Waals surface area (Å²) in [4.78, 5) is 14.2. The Morgan fingerprint density at radius 2 is 2.26 bits per heavy atom. The van der Waals surface area contributed by atoms with Gasteiger partial charge < -0.3 is 15.6 Å². The first-order valence-corrected chi connectivity index (χ1v) is 6.36. The standard InChI is InChI=1S/C14H13N5O4/c1-23-12-7-9(6-11(13(12)20)19(21)22)8-17-18-14(15)10-4-2-3-5-16-10/h2-8,20H,1H3,(H2,15,18)/b17-8+. The molecule has 9 heteroatoms. The molecule has 9 nitrogen and oxygen atoms in total. The molecule has 23 heavy (non-hydrogen) atoms. The fourth-order valence-corrected chi connectivity index (χ4v) is 1.71. The largest absolute Gasteiger partial charge is 0.500 e. The van der Waals surface area contributed by atoms with Gasteiger partial charge in [-0.2, -0.15) is 5.10 Å². The summed E-state index contributed by atoms with van der Waals surface area (Å²) < 4.78 is 4.89. The van der Waals surface area contributed by atoms with Crippen LogP contribution in [0.2, 0.25) is 0 Å². The van der Waals surface area contributed by atoms with E-state index in [4.69, 9.17) is 10.5 Å². The van der Waals surface area contributed by atoms with Gasteiger partial charge in [0.2, 0.25) is 5.75 Å². The van der Waals surface area contributed by atoms with Crippen LogP contribution in [0, 0.1) is 10.1 Å². The number of aromatic nitrogens is 1. The lowest BCUT2D eigenvalue weighted by atomic mass is 10.2. The van der Waals surface area contributed by atoms with Crippen LogP contribution >= 0.6 is 0 Å². The number of nitro groups is 1.